The summed E-state index contributed by atoms with van der Waals surface area (Å²) < 4.78 is 18.0. The summed E-state index contributed by atoms with van der Waals surface area (Å²) >= 11 is 0. The minimum absolute atomic E-state index is 0.529. The van der Waals surface area contributed by atoms with Crippen LogP contribution in [0.15, 0.2) is 77.9 Å². The second-order valence-electron chi connectivity index (χ2n) is 6.59. The van der Waals surface area contributed by atoms with Crippen LogP contribution < -0.4 is 14.2 Å². The minimum Gasteiger partial charge on any atom is -0.493 e. The van der Waals surface area contributed by atoms with Gasteiger partial charge in [-0.2, -0.15) is 9.78 Å². The molecule has 1 heterocycles. The molecule has 0 aliphatic heterocycles. The van der Waals surface area contributed by atoms with Gasteiger partial charge in [0, 0.05) is 16.7 Å². The molecule has 4 aromatic rings. The first kappa shape index (κ1) is 20.2. The lowest BCUT2D eigenvalue weighted by atomic mass is 10.2. The van der Waals surface area contributed by atoms with E-state index in [4.69, 9.17) is 19.3 Å². The molecule has 0 fully saturated rings. The molecule has 0 spiro atoms. The van der Waals surface area contributed by atoms with Crippen LogP contribution in [-0.2, 0) is 0 Å². The highest BCUT2D eigenvalue weighted by Gasteiger charge is 2.16. The van der Waals surface area contributed by atoms with Gasteiger partial charge in [-0.3, -0.25) is 0 Å². The minimum atomic E-state index is 0.529. The predicted octanol–water partition coefficient (Wildman–Crippen LogP) is 4.52. The molecule has 0 bridgehead atoms. The van der Waals surface area contributed by atoms with Gasteiger partial charge in [0.25, 0.3) is 0 Å². The Morgan fingerprint density at radius 2 is 1.19 bits per heavy atom. The molecule has 0 saturated heterocycles. The molecule has 0 aliphatic carbocycles. The van der Waals surface area contributed by atoms with Crippen LogP contribution in [-0.4, -0.2) is 42.4 Å². The van der Waals surface area contributed by atoms with Crippen LogP contribution in [0.4, 0.5) is 0 Å². The summed E-state index contributed by atoms with van der Waals surface area (Å²) in [5.41, 5.74) is 2.61. The number of aromatic nitrogens is 3. The number of hydrogen-bond donors (Lipinski definition) is 0. The van der Waals surface area contributed by atoms with E-state index in [1.165, 1.54) is 0 Å². The van der Waals surface area contributed by atoms with E-state index in [9.17, 15) is 0 Å². The Bertz CT molecular complexity index is 1110. The molecule has 156 valence electrons. The van der Waals surface area contributed by atoms with Crippen molar-refractivity contribution in [3.63, 3.8) is 0 Å². The van der Waals surface area contributed by atoms with Crippen LogP contribution in [0, 0.1) is 0 Å². The number of rotatable bonds is 7. The van der Waals surface area contributed by atoms with Crippen molar-refractivity contribution in [2.75, 3.05) is 21.3 Å². The molecule has 7 heteroatoms. The first-order valence-corrected chi connectivity index (χ1v) is 9.65. The van der Waals surface area contributed by atoms with Gasteiger partial charge in [-0.05, 0) is 12.1 Å². The van der Waals surface area contributed by atoms with Crippen molar-refractivity contribution in [1.82, 2.24) is 14.9 Å². The van der Waals surface area contributed by atoms with Crippen molar-refractivity contribution in [1.29, 1.82) is 0 Å². The van der Waals surface area contributed by atoms with Crippen molar-refractivity contribution in [2.45, 2.75) is 0 Å². The number of nitrogens with zero attached hydrogens (tertiary/aromatic N) is 4. The van der Waals surface area contributed by atoms with Gasteiger partial charge in [0.1, 0.15) is 0 Å². The van der Waals surface area contributed by atoms with Gasteiger partial charge in [0.15, 0.2) is 23.1 Å². The third-order valence-corrected chi connectivity index (χ3v) is 4.71. The van der Waals surface area contributed by atoms with E-state index in [2.05, 4.69) is 10.2 Å². The van der Waals surface area contributed by atoms with E-state index in [1.807, 2.05) is 72.8 Å². The molecule has 3 aromatic carbocycles. The van der Waals surface area contributed by atoms with Crippen molar-refractivity contribution in [3.8, 4) is 40.0 Å². The topological polar surface area (TPSA) is 70.8 Å². The summed E-state index contributed by atoms with van der Waals surface area (Å²) in [5.74, 6) is 2.92. The predicted molar refractivity (Wildman–Crippen MR) is 120 cm³/mol. The van der Waals surface area contributed by atoms with Crippen molar-refractivity contribution in [2.24, 2.45) is 5.10 Å². The molecule has 0 unspecified atom stereocenters. The van der Waals surface area contributed by atoms with E-state index in [-0.39, 0.29) is 0 Å². The largest absolute Gasteiger partial charge is 0.493 e. The molecular weight excluding hydrogens is 392 g/mol. The average molecular weight is 414 g/mol. The van der Waals surface area contributed by atoms with Gasteiger partial charge in [-0.25, -0.2) is 0 Å². The summed E-state index contributed by atoms with van der Waals surface area (Å²) in [4.78, 5) is 0. The fourth-order valence-electron chi connectivity index (χ4n) is 3.22. The standard InChI is InChI=1S/C24H22N4O3/c1-29-20-14-17(15-21(30-2)22(20)31-3)16-25-28-23(18-10-6-4-7-11-18)26-27-24(28)19-12-8-5-9-13-19/h4-16H,1-3H3/b25-16+. The number of hydrogen-bond acceptors (Lipinski definition) is 6. The van der Waals surface area contributed by atoms with E-state index in [1.54, 1.807) is 32.2 Å². The van der Waals surface area contributed by atoms with Crippen LogP contribution in [0.5, 0.6) is 17.2 Å². The summed E-state index contributed by atoms with van der Waals surface area (Å²) in [7, 11) is 4.74. The van der Waals surface area contributed by atoms with Crippen molar-refractivity contribution < 1.29 is 14.2 Å². The van der Waals surface area contributed by atoms with E-state index < -0.39 is 0 Å². The zero-order valence-electron chi connectivity index (χ0n) is 17.5. The third kappa shape index (κ3) is 4.11. The lowest BCUT2D eigenvalue weighted by Crippen LogP contribution is -1.99. The molecule has 0 aliphatic rings. The van der Waals surface area contributed by atoms with Crippen LogP contribution in [0.1, 0.15) is 5.56 Å². The fourth-order valence-corrected chi connectivity index (χ4v) is 3.22. The second kappa shape index (κ2) is 9.13. The number of benzene rings is 3. The van der Waals surface area contributed by atoms with Gasteiger partial charge >= 0.3 is 0 Å². The molecule has 0 radical (unpaired) electrons. The van der Waals surface area contributed by atoms with E-state index in [0.29, 0.717) is 28.9 Å². The van der Waals surface area contributed by atoms with Crippen LogP contribution >= 0.6 is 0 Å². The quantitative estimate of drug-likeness (QED) is 0.416. The molecule has 0 N–H and O–H groups in total. The summed E-state index contributed by atoms with van der Waals surface area (Å²) in [6.07, 6.45) is 1.72. The monoisotopic (exact) mass is 414 g/mol. The highest BCUT2D eigenvalue weighted by molar-refractivity contribution is 5.83. The Hall–Kier alpha value is -4.13. The molecular formula is C24H22N4O3. The van der Waals surface area contributed by atoms with Gasteiger partial charge in [0.05, 0.1) is 27.5 Å². The first-order valence-electron chi connectivity index (χ1n) is 9.65. The Kier molecular flexibility index (Phi) is 5.93. The first-order chi connectivity index (χ1) is 15.2. The lowest BCUT2D eigenvalue weighted by Gasteiger charge is -2.12. The van der Waals surface area contributed by atoms with E-state index in [0.717, 1.165) is 16.7 Å². The average Bonchev–Trinajstić information content (AvgIpc) is 3.27. The molecule has 4 rings (SSSR count). The maximum atomic E-state index is 5.44. The number of ether oxygens (including phenoxy) is 3. The fraction of sp³-hybridized carbons (Fsp3) is 0.125. The molecule has 1 aromatic heterocycles. The third-order valence-electron chi connectivity index (χ3n) is 4.71. The normalized spacial score (nSPS) is 10.9. The molecule has 0 amide bonds. The molecule has 0 saturated carbocycles. The smallest absolute Gasteiger partial charge is 0.203 e. The van der Waals surface area contributed by atoms with Crippen LogP contribution in [0.25, 0.3) is 22.8 Å². The van der Waals surface area contributed by atoms with Gasteiger partial charge in [0.2, 0.25) is 5.75 Å². The van der Waals surface area contributed by atoms with Gasteiger partial charge in [-0.15, -0.1) is 10.2 Å². The Morgan fingerprint density at radius 3 is 1.61 bits per heavy atom. The highest BCUT2D eigenvalue weighted by atomic mass is 16.5. The summed E-state index contributed by atoms with van der Waals surface area (Å²) in [5, 5.41) is 13.5. The summed E-state index contributed by atoms with van der Waals surface area (Å²) in [6, 6.07) is 23.3. The maximum absolute atomic E-state index is 5.44. The highest BCUT2D eigenvalue weighted by Crippen LogP contribution is 2.37. The number of methoxy groups -OCH3 is 3. The summed E-state index contributed by atoms with van der Waals surface area (Å²) in [6.45, 7) is 0. The van der Waals surface area contributed by atoms with Crippen molar-refractivity contribution in [3.05, 3.63) is 78.4 Å². The lowest BCUT2D eigenvalue weighted by molar-refractivity contribution is 0.324. The SMILES string of the molecule is COc1cc(/C=N/n2c(-c3ccccc3)nnc2-c2ccccc2)cc(OC)c1OC. The van der Waals surface area contributed by atoms with Crippen LogP contribution in [0.2, 0.25) is 0 Å². The maximum Gasteiger partial charge on any atom is 0.203 e. The second-order valence-corrected chi connectivity index (χ2v) is 6.59. The molecule has 7 nitrogen and oxygen atoms in total. The zero-order valence-corrected chi connectivity index (χ0v) is 17.5. The van der Waals surface area contributed by atoms with Gasteiger partial charge < -0.3 is 14.2 Å². The Morgan fingerprint density at radius 1 is 0.710 bits per heavy atom. The molecule has 0 atom stereocenters. The Labute approximate surface area is 180 Å². The van der Waals surface area contributed by atoms with Crippen LogP contribution in [0.3, 0.4) is 0 Å². The van der Waals surface area contributed by atoms with Crippen molar-refractivity contribution >= 4 is 6.21 Å². The molecule has 31 heavy (non-hydrogen) atoms. The zero-order chi connectivity index (χ0) is 21.6. The van der Waals surface area contributed by atoms with E-state index >= 15 is 0 Å². The Balaban J connectivity index is 1.82. The van der Waals surface area contributed by atoms with Gasteiger partial charge in [-0.1, -0.05) is 60.7 Å².